The molecular formula is C16H20N4O2S. The van der Waals surface area contributed by atoms with Crippen molar-refractivity contribution in [2.45, 2.75) is 19.4 Å². The molecule has 0 aliphatic carbocycles. The van der Waals surface area contributed by atoms with Crippen LogP contribution in [0.1, 0.15) is 27.5 Å². The Balaban J connectivity index is 2.13. The highest BCUT2D eigenvalue weighted by atomic mass is 32.1. The molecule has 0 unspecified atom stereocenters. The number of carbonyl (C=O) groups is 2. The van der Waals surface area contributed by atoms with E-state index in [2.05, 4.69) is 4.98 Å². The van der Waals surface area contributed by atoms with Crippen LogP contribution in [0.2, 0.25) is 0 Å². The molecule has 0 fully saturated rings. The van der Waals surface area contributed by atoms with Gasteiger partial charge >= 0.3 is 0 Å². The van der Waals surface area contributed by atoms with Crippen molar-refractivity contribution in [3.05, 3.63) is 52.0 Å². The van der Waals surface area contributed by atoms with Gasteiger partial charge in [0.05, 0.1) is 5.01 Å². The summed E-state index contributed by atoms with van der Waals surface area (Å²) >= 11 is 1.42. The van der Waals surface area contributed by atoms with Crippen LogP contribution in [0.5, 0.6) is 0 Å². The molecule has 1 heterocycles. The molecule has 2 amide bonds. The first-order chi connectivity index (χ1) is 11.1. The lowest BCUT2D eigenvalue weighted by atomic mass is 10.2. The van der Waals surface area contributed by atoms with Gasteiger partial charge in [0.2, 0.25) is 5.91 Å². The predicted molar refractivity (Wildman–Crippen MR) is 89.9 cm³/mol. The van der Waals surface area contributed by atoms with E-state index in [1.54, 1.807) is 10.3 Å². The Hall–Kier alpha value is -2.25. The van der Waals surface area contributed by atoms with E-state index < -0.39 is 5.91 Å². The third-order valence-corrected chi connectivity index (χ3v) is 4.17. The van der Waals surface area contributed by atoms with E-state index in [-0.39, 0.29) is 18.9 Å². The normalized spacial score (nSPS) is 10.5. The van der Waals surface area contributed by atoms with Crippen LogP contribution in [0.3, 0.4) is 0 Å². The monoisotopic (exact) mass is 332 g/mol. The van der Waals surface area contributed by atoms with Gasteiger partial charge in [0.25, 0.3) is 5.91 Å². The van der Waals surface area contributed by atoms with Crippen molar-refractivity contribution in [3.8, 4) is 0 Å². The van der Waals surface area contributed by atoms with Gasteiger partial charge in [-0.05, 0) is 12.1 Å². The second-order valence-electron chi connectivity index (χ2n) is 5.09. The number of nitrogens with zero attached hydrogens (tertiary/aromatic N) is 2. The molecule has 0 bridgehead atoms. The Bertz CT molecular complexity index is 657. The molecule has 0 saturated carbocycles. The quantitative estimate of drug-likeness (QED) is 0.757. The van der Waals surface area contributed by atoms with Crippen molar-refractivity contribution in [3.63, 3.8) is 0 Å². The van der Waals surface area contributed by atoms with Crippen LogP contribution in [-0.2, 0) is 17.8 Å². The third kappa shape index (κ3) is 5.15. The van der Waals surface area contributed by atoms with Gasteiger partial charge in [-0.25, -0.2) is 4.98 Å². The molecule has 2 aromatic rings. The number of amides is 2. The maximum Gasteiger partial charge on any atom is 0.273 e. The van der Waals surface area contributed by atoms with Gasteiger partial charge in [0.15, 0.2) is 0 Å². The number of carbonyl (C=O) groups excluding carboxylic acids is 2. The number of benzene rings is 1. The Morgan fingerprint density at radius 2 is 1.96 bits per heavy atom. The van der Waals surface area contributed by atoms with Crippen LogP contribution < -0.4 is 11.5 Å². The highest BCUT2D eigenvalue weighted by molar-refractivity contribution is 7.09. The lowest BCUT2D eigenvalue weighted by molar-refractivity contribution is -0.118. The number of hydrogen-bond acceptors (Lipinski definition) is 5. The van der Waals surface area contributed by atoms with E-state index in [9.17, 15) is 9.59 Å². The van der Waals surface area contributed by atoms with E-state index >= 15 is 0 Å². The zero-order chi connectivity index (χ0) is 16.7. The molecule has 23 heavy (non-hydrogen) atoms. The van der Waals surface area contributed by atoms with Crippen molar-refractivity contribution in [1.82, 2.24) is 9.88 Å². The number of thiazole rings is 1. The number of aromatic nitrogens is 1. The predicted octanol–water partition coefficient (Wildman–Crippen LogP) is 1.16. The summed E-state index contributed by atoms with van der Waals surface area (Å²) in [7, 11) is 0. The van der Waals surface area contributed by atoms with Gasteiger partial charge in [-0.1, -0.05) is 30.3 Å². The van der Waals surface area contributed by atoms with Crippen molar-refractivity contribution >= 4 is 23.2 Å². The molecule has 0 radical (unpaired) electrons. The molecule has 0 atom stereocenters. The Morgan fingerprint density at radius 3 is 2.61 bits per heavy atom. The molecule has 122 valence electrons. The summed E-state index contributed by atoms with van der Waals surface area (Å²) in [4.78, 5) is 29.6. The standard InChI is InChI=1S/C16H20N4O2S/c17-8-6-15-19-13(11-23-15)16(22)20(9-7-14(18)21)10-12-4-2-1-3-5-12/h1-5,11H,6-10,17H2,(H2,18,21). The van der Waals surface area contributed by atoms with E-state index in [4.69, 9.17) is 11.5 Å². The van der Waals surface area contributed by atoms with Gasteiger partial charge < -0.3 is 16.4 Å². The van der Waals surface area contributed by atoms with Gasteiger partial charge in [0, 0.05) is 31.3 Å². The molecule has 2 rings (SSSR count). The van der Waals surface area contributed by atoms with Gasteiger partial charge in [-0.2, -0.15) is 0 Å². The minimum atomic E-state index is -0.432. The summed E-state index contributed by atoms with van der Waals surface area (Å²) in [6.45, 7) is 1.18. The Morgan fingerprint density at radius 1 is 1.22 bits per heavy atom. The fraction of sp³-hybridized carbons (Fsp3) is 0.312. The van der Waals surface area contributed by atoms with E-state index in [0.29, 0.717) is 25.2 Å². The number of primary amides is 1. The van der Waals surface area contributed by atoms with E-state index in [1.165, 1.54) is 11.3 Å². The second kappa shape index (κ2) is 8.40. The zero-order valence-electron chi connectivity index (χ0n) is 12.8. The topological polar surface area (TPSA) is 102 Å². The minimum absolute atomic E-state index is 0.123. The van der Waals surface area contributed by atoms with Crippen LogP contribution in [0, 0.1) is 0 Å². The summed E-state index contributed by atoms with van der Waals surface area (Å²) in [5.74, 6) is -0.632. The third-order valence-electron chi connectivity index (χ3n) is 3.26. The van der Waals surface area contributed by atoms with E-state index in [0.717, 1.165) is 10.6 Å². The summed E-state index contributed by atoms with van der Waals surface area (Å²) < 4.78 is 0. The molecule has 0 saturated heterocycles. The fourth-order valence-electron chi connectivity index (χ4n) is 2.11. The molecule has 1 aromatic heterocycles. The first-order valence-electron chi connectivity index (χ1n) is 7.36. The molecule has 1 aromatic carbocycles. The fourth-order valence-corrected chi connectivity index (χ4v) is 2.90. The van der Waals surface area contributed by atoms with Crippen LogP contribution in [0.25, 0.3) is 0 Å². The Labute approximate surface area is 139 Å². The van der Waals surface area contributed by atoms with Gasteiger partial charge in [0.1, 0.15) is 5.69 Å². The number of rotatable bonds is 8. The molecule has 0 aliphatic heterocycles. The van der Waals surface area contributed by atoms with Crippen molar-refractivity contribution in [1.29, 1.82) is 0 Å². The SMILES string of the molecule is NCCc1nc(C(=O)N(CCC(N)=O)Cc2ccccc2)cs1. The summed E-state index contributed by atoms with van der Waals surface area (Å²) in [6.07, 6.45) is 0.774. The minimum Gasteiger partial charge on any atom is -0.370 e. The summed E-state index contributed by atoms with van der Waals surface area (Å²) in [5, 5.41) is 2.57. The van der Waals surface area contributed by atoms with Crippen LogP contribution in [0.4, 0.5) is 0 Å². The van der Waals surface area contributed by atoms with Crippen LogP contribution in [-0.4, -0.2) is 34.8 Å². The maximum absolute atomic E-state index is 12.7. The smallest absolute Gasteiger partial charge is 0.273 e. The Kier molecular flexibility index (Phi) is 6.25. The lowest BCUT2D eigenvalue weighted by Crippen LogP contribution is -2.33. The number of nitrogens with two attached hydrogens (primary N) is 2. The molecule has 0 aliphatic rings. The van der Waals surface area contributed by atoms with Crippen LogP contribution in [0.15, 0.2) is 35.7 Å². The van der Waals surface area contributed by atoms with Gasteiger partial charge in [-0.3, -0.25) is 9.59 Å². The largest absolute Gasteiger partial charge is 0.370 e. The maximum atomic E-state index is 12.7. The van der Waals surface area contributed by atoms with Gasteiger partial charge in [-0.15, -0.1) is 11.3 Å². The first-order valence-corrected chi connectivity index (χ1v) is 8.24. The van der Waals surface area contributed by atoms with Crippen molar-refractivity contribution in [2.75, 3.05) is 13.1 Å². The lowest BCUT2D eigenvalue weighted by Gasteiger charge is -2.21. The molecular weight excluding hydrogens is 312 g/mol. The highest BCUT2D eigenvalue weighted by Gasteiger charge is 2.19. The second-order valence-corrected chi connectivity index (χ2v) is 6.04. The van der Waals surface area contributed by atoms with E-state index in [1.807, 2.05) is 30.3 Å². The average molecular weight is 332 g/mol. The summed E-state index contributed by atoms with van der Waals surface area (Å²) in [6, 6.07) is 9.61. The highest BCUT2D eigenvalue weighted by Crippen LogP contribution is 2.14. The number of hydrogen-bond donors (Lipinski definition) is 2. The molecule has 0 spiro atoms. The molecule has 7 heteroatoms. The molecule has 4 N–H and O–H groups in total. The van der Waals surface area contributed by atoms with Crippen molar-refractivity contribution < 1.29 is 9.59 Å². The average Bonchev–Trinajstić information content (AvgIpc) is 3.00. The summed E-state index contributed by atoms with van der Waals surface area (Å²) in [5.41, 5.74) is 12.1. The van der Waals surface area contributed by atoms with Crippen LogP contribution >= 0.6 is 11.3 Å². The first kappa shape index (κ1) is 17.1. The molecule has 6 nitrogen and oxygen atoms in total. The zero-order valence-corrected chi connectivity index (χ0v) is 13.6. The van der Waals surface area contributed by atoms with Crippen molar-refractivity contribution in [2.24, 2.45) is 11.5 Å².